The topological polar surface area (TPSA) is 88.9 Å². The average Bonchev–Trinajstić information content (AvgIpc) is 2.80. The van der Waals surface area contributed by atoms with Crippen molar-refractivity contribution in [2.75, 3.05) is 18.8 Å². The van der Waals surface area contributed by atoms with Gasteiger partial charge in [0.1, 0.15) is 6.54 Å². The zero-order valence-electron chi connectivity index (χ0n) is 11.3. The van der Waals surface area contributed by atoms with Crippen LogP contribution in [0.2, 0.25) is 0 Å². The molecule has 0 fully saturated rings. The van der Waals surface area contributed by atoms with Gasteiger partial charge in [0, 0.05) is 17.2 Å². The van der Waals surface area contributed by atoms with Crippen molar-refractivity contribution in [1.29, 1.82) is 5.26 Å². The van der Waals surface area contributed by atoms with Crippen molar-refractivity contribution >= 4 is 17.7 Å². The summed E-state index contributed by atoms with van der Waals surface area (Å²) < 4.78 is 36.2. The molecule has 0 aliphatic heterocycles. The number of nitriles is 1. The van der Waals surface area contributed by atoms with Gasteiger partial charge in [0.25, 0.3) is 0 Å². The highest BCUT2D eigenvalue weighted by molar-refractivity contribution is 7.98. The van der Waals surface area contributed by atoms with E-state index >= 15 is 0 Å². The largest absolute Gasteiger partial charge is 0.405 e. The molecule has 0 atom stereocenters. The first kappa shape index (κ1) is 17.2. The Balaban J connectivity index is 2.30. The second kappa shape index (κ2) is 8.41. The molecule has 6 nitrogen and oxygen atoms in total. The summed E-state index contributed by atoms with van der Waals surface area (Å²) in [6.45, 7) is 0.953. The highest BCUT2D eigenvalue weighted by Gasteiger charge is 2.27. The summed E-state index contributed by atoms with van der Waals surface area (Å²) in [5, 5.41) is 12.6. The summed E-state index contributed by atoms with van der Waals surface area (Å²) in [5.74, 6) is 1.16. The minimum atomic E-state index is -4.36. The number of hydrogen-bond acceptors (Lipinski definition) is 4. The lowest BCUT2D eigenvalue weighted by Gasteiger charge is -2.10. The third-order valence-electron chi connectivity index (χ3n) is 2.32. The van der Waals surface area contributed by atoms with Crippen LogP contribution in [0, 0.1) is 18.4 Å². The van der Waals surface area contributed by atoms with E-state index in [2.05, 4.69) is 20.3 Å². The van der Waals surface area contributed by atoms with Crippen LogP contribution in [0.15, 0.2) is 11.3 Å². The van der Waals surface area contributed by atoms with Crippen LogP contribution >= 0.6 is 11.8 Å². The van der Waals surface area contributed by atoms with E-state index in [9.17, 15) is 13.2 Å². The number of aromatic nitrogens is 2. The van der Waals surface area contributed by atoms with Gasteiger partial charge in [-0.25, -0.2) is 4.98 Å². The summed E-state index contributed by atoms with van der Waals surface area (Å²) in [4.78, 5) is 10.9. The van der Waals surface area contributed by atoms with Crippen LogP contribution in [0.5, 0.6) is 0 Å². The third-order valence-corrected chi connectivity index (χ3v) is 3.28. The smallest absolute Gasteiger partial charge is 0.348 e. The molecule has 0 radical (unpaired) electrons. The van der Waals surface area contributed by atoms with E-state index in [4.69, 9.17) is 5.26 Å². The third kappa shape index (κ3) is 7.45. The van der Waals surface area contributed by atoms with Crippen LogP contribution in [-0.2, 0) is 5.75 Å². The van der Waals surface area contributed by atoms with Gasteiger partial charge in [0.15, 0.2) is 6.19 Å². The Kier molecular flexibility index (Phi) is 6.87. The summed E-state index contributed by atoms with van der Waals surface area (Å²) >= 11 is 1.57. The maximum Gasteiger partial charge on any atom is 0.405 e. The average molecular weight is 320 g/mol. The molecular formula is C11H15F3N6S. The van der Waals surface area contributed by atoms with Gasteiger partial charge in [-0.05, 0) is 6.92 Å². The number of nitrogens with zero attached hydrogens (tertiary/aromatic N) is 3. The number of rotatable bonds is 6. The molecule has 0 bridgehead atoms. The van der Waals surface area contributed by atoms with Crippen molar-refractivity contribution < 1.29 is 13.2 Å². The fourth-order valence-corrected chi connectivity index (χ4v) is 2.17. The number of imidazole rings is 1. The van der Waals surface area contributed by atoms with E-state index in [1.54, 1.807) is 24.3 Å². The zero-order chi connectivity index (χ0) is 15.7. The molecule has 0 aliphatic carbocycles. The molecule has 21 heavy (non-hydrogen) atoms. The van der Waals surface area contributed by atoms with Gasteiger partial charge in [0.2, 0.25) is 5.96 Å². The summed E-state index contributed by atoms with van der Waals surface area (Å²) in [7, 11) is 0. The molecule has 10 heteroatoms. The zero-order valence-corrected chi connectivity index (χ0v) is 12.1. The van der Waals surface area contributed by atoms with Gasteiger partial charge < -0.3 is 10.3 Å². The monoisotopic (exact) mass is 320 g/mol. The van der Waals surface area contributed by atoms with E-state index < -0.39 is 12.7 Å². The van der Waals surface area contributed by atoms with E-state index in [0.717, 1.165) is 17.1 Å². The Morgan fingerprint density at radius 1 is 1.57 bits per heavy atom. The van der Waals surface area contributed by atoms with Crippen LogP contribution < -0.4 is 10.6 Å². The second-order valence-corrected chi connectivity index (χ2v) is 5.06. The van der Waals surface area contributed by atoms with E-state index in [1.165, 1.54) is 0 Å². The number of aryl methyl sites for hydroxylation is 1. The van der Waals surface area contributed by atoms with Crippen LogP contribution in [0.25, 0.3) is 0 Å². The summed E-state index contributed by atoms with van der Waals surface area (Å²) in [6, 6.07) is 0. The van der Waals surface area contributed by atoms with Crippen molar-refractivity contribution in [3.05, 3.63) is 17.7 Å². The van der Waals surface area contributed by atoms with E-state index in [-0.39, 0.29) is 5.96 Å². The number of hydrogen-bond donors (Lipinski definition) is 3. The summed E-state index contributed by atoms with van der Waals surface area (Å²) in [6.07, 6.45) is -1.20. The standard InChI is InChI=1S/C11H15F3N6S/c1-8-9(20-7-19-8)4-21-3-2-16-10(18-6-15)17-5-11(12,13)14/h7H,2-5H2,1H3,(H,19,20)(H2,16,17,18). The highest BCUT2D eigenvalue weighted by atomic mass is 32.2. The summed E-state index contributed by atoms with van der Waals surface area (Å²) in [5.41, 5.74) is 1.93. The normalized spacial score (nSPS) is 12.0. The van der Waals surface area contributed by atoms with Gasteiger partial charge in [-0.15, -0.1) is 0 Å². The van der Waals surface area contributed by atoms with Crippen LogP contribution in [-0.4, -0.2) is 40.9 Å². The Labute approximate surface area is 124 Å². The number of H-pyrrole nitrogens is 1. The molecule has 0 saturated carbocycles. The van der Waals surface area contributed by atoms with Crippen molar-refractivity contribution in [2.24, 2.45) is 4.99 Å². The Morgan fingerprint density at radius 3 is 2.90 bits per heavy atom. The molecule has 0 aromatic carbocycles. The van der Waals surface area contributed by atoms with Crippen LogP contribution in [0.4, 0.5) is 13.2 Å². The van der Waals surface area contributed by atoms with Gasteiger partial charge in [-0.3, -0.25) is 10.3 Å². The fourth-order valence-electron chi connectivity index (χ4n) is 1.31. The minimum absolute atomic E-state index is 0.173. The lowest BCUT2D eigenvalue weighted by Crippen LogP contribution is -2.40. The number of aromatic amines is 1. The highest BCUT2D eigenvalue weighted by Crippen LogP contribution is 2.13. The van der Waals surface area contributed by atoms with Crippen LogP contribution in [0.3, 0.4) is 0 Å². The Bertz CT molecular complexity index is 505. The fraction of sp³-hybridized carbons (Fsp3) is 0.545. The van der Waals surface area contributed by atoms with E-state index in [0.29, 0.717) is 12.3 Å². The van der Waals surface area contributed by atoms with Crippen molar-refractivity contribution in [3.8, 4) is 6.19 Å². The molecule has 3 N–H and O–H groups in total. The number of alkyl halides is 3. The first-order valence-electron chi connectivity index (χ1n) is 5.99. The predicted octanol–water partition coefficient (Wildman–Crippen LogP) is 1.53. The number of nitrogens with one attached hydrogen (secondary N) is 3. The molecule has 0 spiro atoms. The number of thioether (sulfide) groups is 1. The molecule has 1 rings (SSSR count). The van der Waals surface area contributed by atoms with E-state index in [1.807, 2.05) is 12.2 Å². The first-order chi connectivity index (χ1) is 9.92. The van der Waals surface area contributed by atoms with Gasteiger partial charge in [-0.2, -0.15) is 30.2 Å². The first-order valence-corrected chi connectivity index (χ1v) is 7.14. The van der Waals surface area contributed by atoms with Crippen molar-refractivity contribution in [3.63, 3.8) is 0 Å². The van der Waals surface area contributed by atoms with Gasteiger partial charge in [0.05, 0.1) is 18.6 Å². The lowest BCUT2D eigenvalue weighted by molar-refractivity contribution is -0.122. The molecule has 0 aliphatic rings. The molecule has 0 unspecified atom stereocenters. The van der Waals surface area contributed by atoms with Crippen molar-refractivity contribution in [1.82, 2.24) is 20.6 Å². The molecule has 0 amide bonds. The molecule has 116 valence electrons. The molecule has 1 heterocycles. The Morgan fingerprint density at radius 2 is 2.33 bits per heavy atom. The molecule has 0 saturated heterocycles. The molecular weight excluding hydrogens is 305 g/mol. The number of halogens is 3. The molecule has 1 aromatic heterocycles. The lowest BCUT2D eigenvalue weighted by atomic mass is 10.4. The van der Waals surface area contributed by atoms with Gasteiger partial charge >= 0.3 is 6.18 Å². The van der Waals surface area contributed by atoms with Crippen molar-refractivity contribution in [2.45, 2.75) is 18.9 Å². The SMILES string of the molecule is Cc1nc[nH]c1CSCC/N=C(\NC#N)NCC(F)(F)F. The second-order valence-electron chi connectivity index (χ2n) is 3.95. The number of aliphatic imine (C=N–C) groups is 1. The predicted molar refractivity (Wildman–Crippen MR) is 74.6 cm³/mol. The Hall–Kier alpha value is -1.89. The minimum Gasteiger partial charge on any atom is -0.348 e. The maximum absolute atomic E-state index is 12.1. The van der Waals surface area contributed by atoms with Gasteiger partial charge in [-0.1, -0.05) is 0 Å². The molecule has 1 aromatic rings. The van der Waals surface area contributed by atoms with Crippen LogP contribution in [0.1, 0.15) is 11.4 Å². The number of guanidine groups is 1. The quantitative estimate of drug-likeness (QED) is 0.243. The maximum atomic E-state index is 12.1.